The molecule has 0 radical (unpaired) electrons. The molecule has 26 heavy (non-hydrogen) atoms. The highest BCUT2D eigenvalue weighted by Crippen LogP contribution is 2.35. The van der Waals surface area contributed by atoms with Crippen molar-refractivity contribution in [3.63, 3.8) is 0 Å². The van der Waals surface area contributed by atoms with E-state index in [-0.39, 0.29) is 6.04 Å². The quantitative estimate of drug-likeness (QED) is 0.764. The molecule has 1 fully saturated rings. The van der Waals surface area contributed by atoms with Crippen molar-refractivity contribution >= 4 is 0 Å². The molecule has 0 aliphatic carbocycles. The minimum atomic E-state index is 0.222. The second kappa shape index (κ2) is 7.75. The van der Waals surface area contributed by atoms with E-state index in [2.05, 4.69) is 34.4 Å². The van der Waals surface area contributed by atoms with E-state index in [9.17, 15) is 0 Å². The van der Waals surface area contributed by atoms with Gasteiger partial charge in [0.1, 0.15) is 13.2 Å². The Kier molecular flexibility index (Phi) is 5.02. The van der Waals surface area contributed by atoms with Crippen LogP contribution in [0.2, 0.25) is 0 Å². The van der Waals surface area contributed by atoms with Gasteiger partial charge in [-0.1, -0.05) is 18.2 Å². The summed E-state index contributed by atoms with van der Waals surface area (Å²) < 4.78 is 11.3. The van der Waals surface area contributed by atoms with E-state index < -0.39 is 0 Å². The van der Waals surface area contributed by atoms with Gasteiger partial charge in [0.2, 0.25) is 0 Å². The summed E-state index contributed by atoms with van der Waals surface area (Å²) in [6.45, 7) is 3.79. The third kappa shape index (κ3) is 3.65. The number of ether oxygens (including phenoxy) is 2. The van der Waals surface area contributed by atoms with Gasteiger partial charge in [-0.2, -0.15) is 5.26 Å². The molecule has 2 heterocycles. The Hall–Kier alpha value is -2.59. The van der Waals surface area contributed by atoms with Gasteiger partial charge in [0, 0.05) is 25.6 Å². The highest BCUT2D eigenvalue weighted by atomic mass is 16.6. The maximum absolute atomic E-state index is 8.86. The monoisotopic (exact) mass is 350 g/mol. The summed E-state index contributed by atoms with van der Waals surface area (Å²) in [5.41, 5.74) is 9.71. The van der Waals surface area contributed by atoms with E-state index in [1.54, 1.807) is 0 Å². The van der Waals surface area contributed by atoms with E-state index in [1.807, 2.05) is 30.3 Å². The van der Waals surface area contributed by atoms with Gasteiger partial charge in [-0.25, -0.2) is 5.43 Å². The first-order valence-corrected chi connectivity index (χ1v) is 8.91. The van der Waals surface area contributed by atoms with Gasteiger partial charge in [0.15, 0.2) is 11.5 Å². The largest absolute Gasteiger partial charge is 0.486 e. The topological polar surface area (TPSA) is 78.3 Å². The van der Waals surface area contributed by atoms with Crippen LogP contribution in [0.4, 0.5) is 0 Å². The van der Waals surface area contributed by atoms with Crippen LogP contribution < -0.4 is 25.6 Å². The molecule has 134 valence electrons. The number of nitrogens with zero attached hydrogens (tertiary/aromatic N) is 1. The van der Waals surface area contributed by atoms with Crippen LogP contribution >= 0.6 is 0 Å². The molecule has 6 nitrogen and oxygen atoms in total. The van der Waals surface area contributed by atoms with Gasteiger partial charge in [-0.05, 0) is 35.4 Å². The van der Waals surface area contributed by atoms with E-state index in [4.69, 9.17) is 14.7 Å². The molecule has 2 atom stereocenters. The summed E-state index contributed by atoms with van der Waals surface area (Å²) in [5, 5.41) is 12.4. The number of hydrogen-bond acceptors (Lipinski definition) is 6. The van der Waals surface area contributed by atoms with E-state index in [0.29, 0.717) is 24.7 Å². The normalized spacial score (nSPS) is 21.3. The lowest BCUT2D eigenvalue weighted by Crippen LogP contribution is -2.28. The Morgan fingerprint density at radius 3 is 2.69 bits per heavy atom. The molecule has 2 unspecified atom stereocenters. The van der Waals surface area contributed by atoms with Crippen LogP contribution in [0.15, 0.2) is 42.5 Å². The van der Waals surface area contributed by atoms with Crippen LogP contribution in [-0.4, -0.2) is 26.3 Å². The maximum Gasteiger partial charge on any atom is 0.161 e. The zero-order valence-corrected chi connectivity index (χ0v) is 14.5. The van der Waals surface area contributed by atoms with E-state index >= 15 is 0 Å². The zero-order valence-electron chi connectivity index (χ0n) is 14.5. The lowest BCUT2D eigenvalue weighted by Gasteiger charge is -2.23. The molecule has 4 rings (SSSR count). The molecule has 1 saturated heterocycles. The Balaban J connectivity index is 1.36. The van der Waals surface area contributed by atoms with Crippen LogP contribution in [0, 0.1) is 17.2 Å². The molecule has 6 heteroatoms. The second-order valence-electron chi connectivity index (χ2n) is 6.61. The first kappa shape index (κ1) is 16.9. The van der Waals surface area contributed by atoms with Crippen molar-refractivity contribution in [1.82, 2.24) is 16.2 Å². The molecule has 2 aromatic carbocycles. The fourth-order valence-corrected chi connectivity index (χ4v) is 3.43. The summed E-state index contributed by atoms with van der Waals surface area (Å²) in [4.78, 5) is 0. The Bertz CT molecular complexity index is 800. The van der Waals surface area contributed by atoms with Crippen molar-refractivity contribution in [3.05, 3.63) is 59.2 Å². The summed E-state index contributed by atoms with van der Waals surface area (Å²) in [6.07, 6.45) is 0. The molecule has 0 saturated carbocycles. The molecule has 3 N–H and O–H groups in total. The Morgan fingerprint density at radius 2 is 1.88 bits per heavy atom. The van der Waals surface area contributed by atoms with Crippen molar-refractivity contribution in [3.8, 4) is 17.6 Å². The molecule has 0 spiro atoms. The average molecular weight is 350 g/mol. The standard InChI is InChI=1S/C20H22N4O2/c21-10-14-1-3-15(4-2-14)11-22-12-17-13-23-24-20(17)16-5-6-18-19(9-16)26-8-7-25-18/h1-6,9,17,20,22-24H,7-8,11-13H2. The van der Waals surface area contributed by atoms with Crippen LogP contribution in [0.5, 0.6) is 11.5 Å². The van der Waals surface area contributed by atoms with Crippen molar-refractivity contribution < 1.29 is 9.47 Å². The predicted molar refractivity (Wildman–Crippen MR) is 97.7 cm³/mol. The second-order valence-corrected chi connectivity index (χ2v) is 6.61. The Labute approximate surface area is 153 Å². The third-order valence-electron chi connectivity index (χ3n) is 4.84. The fraction of sp³-hybridized carbons (Fsp3) is 0.350. The minimum Gasteiger partial charge on any atom is -0.486 e. The molecular formula is C20H22N4O2. The minimum absolute atomic E-state index is 0.222. The fourth-order valence-electron chi connectivity index (χ4n) is 3.43. The highest BCUT2D eigenvalue weighted by Gasteiger charge is 2.29. The summed E-state index contributed by atoms with van der Waals surface area (Å²) >= 11 is 0. The molecule has 0 bridgehead atoms. The van der Waals surface area contributed by atoms with Gasteiger partial charge < -0.3 is 14.8 Å². The molecule has 0 amide bonds. The number of nitriles is 1. The lowest BCUT2D eigenvalue weighted by molar-refractivity contribution is 0.171. The lowest BCUT2D eigenvalue weighted by atomic mass is 9.94. The predicted octanol–water partition coefficient (Wildman–Crippen LogP) is 1.88. The first-order chi connectivity index (χ1) is 12.8. The van der Waals surface area contributed by atoms with Crippen molar-refractivity contribution in [1.29, 1.82) is 5.26 Å². The summed E-state index contributed by atoms with van der Waals surface area (Å²) in [5.74, 6) is 2.07. The molecular weight excluding hydrogens is 328 g/mol. The van der Waals surface area contributed by atoms with Gasteiger partial charge in [0.25, 0.3) is 0 Å². The smallest absolute Gasteiger partial charge is 0.161 e. The van der Waals surface area contributed by atoms with Crippen LogP contribution in [0.25, 0.3) is 0 Å². The average Bonchev–Trinajstić information content (AvgIpc) is 3.17. The number of nitrogens with one attached hydrogen (secondary N) is 3. The summed E-state index contributed by atoms with van der Waals surface area (Å²) in [7, 11) is 0. The van der Waals surface area contributed by atoms with Crippen molar-refractivity contribution in [2.45, 2.75) is 12.6 Å². The van der Waals surface area contributed by atoms with E-state index in [0.717, 1.165) is 31.1 Å². The molecule has 2 aromatic rings. The van der Waals surface area contributed by atoms with Gasteiger partial charge >= 0.3 is 0 Å². The molecule has 0 aromatic heterocycles. The molecule has 2 aliphatic heterocycles. The molecule has 2 aliphatic rings. The van der Waals surface area contributed by atoms with Crippen molar-refractivity contribution in [2.75, 3.05) is 26.3 Å². The number of hydrogen-bond donors (Lipinski definition) is 3. The maximum atomic E-state index is 8.86. The van der Waals surface area contributed by atoms with Crippen LogP contribution in [0.3, 0.4) is 0 Å². The first-order valence-electron chi connectivity index (χ1n) is 8.91. The number of rotatable bonds is 5. The number of fused-ring (bicyclic) bond motifs is 1. The third-order valence-corrected chi connectivity index (χ3v) is 4.84. The number of benzene rings is 2. The highest BCUT2D eigenvalue weighted by molar-refractivity contribution is 5.45. The van der Waals surface area contributed by atoms with Gasteiger partial charge in [-0.15, -0.1) is 0 Å². The van der Waals surface area contributed by atoms with E-state index in [1.165, 1.54) is 11.1 Å². The van der Waals surface area contributed by atoms with Gasteiger partial charge in [0.05, 0.1) is 17.7 Å². The van der Waals surface area contributed by atoms with Gasteiger partial charge in [-0.3, -0.25) is 5.43 Å². The van der Waals surface area contributed by atoms with Crippen LogP contribution in [-0.2, 0) is 6.54 Å². The number of hydrazine groups is 1. The Morgan fingerprint density at radius 1 is 1.08 bits per heavy atom. The zero-order chi connectivity index (χ0) is 17.8. The van der Waals surface area contributed by atoms with Crippen LogP contribution in [0.1, 0.15) is 22.7 Å². The van der Waals surface area contributed by atoms with Crippen molar-refractivity contribution in [2.24, 2.45) is 5.92 Å². The SMILES string of the molecule is N#Cc1ccc(CNCC2CNNC2c2ccc3c(c2)OCCO3)cc1. The summed E-state index contributed by atoms with van der Waals surface area (Å²) in [6, 6.07) is 16.2.